The number of rotatable bonds is 2. The number of benzene rings is 4. The SMILES string of the molecule is CN1/C(=C/C=C/C2=[N+](C)c3ccc4ccccc4c3C2(C)C)C(C)(C)c2c1ccc1ccccc21.F[P-](F)(F)(F)(F)F. The zero-order chi connectivity index (χ0) is 30.9. The van der Waals surface area contributed by atoms with Gasteiger partial charge in [-0.15, -0.1) is 0 Å². The van der Waals surface area contributed by atoms with Crippen molar-refractivity contribution in [2.24, 2.45) is 0 Å². The van der Waals surface area contributed by atoms with Crippen LogP contribution in [0.4, 0.5) is 36.6 Å². The topological polar surface area (TPSA) is 6.25 Å². The fraction of sp³-hybridized carbons (Fsp3) is 0.242. The van der Waals surface area contributed by atoms with Crippen molar-refractivity contribution in [3.05, 3.63) is 108 Å². The van der Waals surface area contributed by atoms with Gasteiger partial charge in [0, 0.05) is 41.6 Å². The third-order valence-electron chi connectivity index (χ3n) is 8.30. The third-order valence-corrected chi connectivity index (χ3v) is 8.30. The van der Waals surface area contributed by atoms with Crippen LogP contribution in [0.25, 0.3) is 21.5 Å². The summed E-state index contributed by atoms with van der Waals surface area (Å²) >= 11 is 0. The first-order valence-corrected chi connectivity index (χ1v) is 15.6. The standard InChI is InChI=1S/C33H33N2.F6P/c1-32(2)28(34(5)26-20-18-22-12-7-9-14-24(22)30(26)32)16-11-17-29-33(3,4)31-25-15-10-8-13-23(25)19-21-27(31)35(29)6;1-7(2,3,4,5)6/h7-21H,1-6H3;/q+1;-1. The first-order valence-electron chi connectivity index (χ1n) is 13.5. The van der Waals surface area contributed by atoms with Crippen LogP contribution in [-0.4, -0.2) is 24.4 Å². The normalized spacial score (nSPS) is 20.0. The first-order chi connectivity index (χ1) is 19.2. The molecule has 0 bridgehead atoms. The molecule has 4 aromatic rings. The maximum absolute atomic E-state index is 10.7. The van der Waals surface area contributed by atoms with E-state index in [4.69, 9.17) is 0 Å². The summed E-state index contributed by atoms with van der Waals surface area (Å²) in [5, 5.41) is 5.31. The van der Waals surface area contributed by atoms with Crippen LogP contribution in [0.15, 0.2) is 96.7 Å². The summed E-state index contributed by atoms with van der Waals surface area (Å²) in [5.74, 6) is 0. The van der Waals surface area contributed by atoms with Gasteiger partial charge in [0.25, 0.3) is 0 Å². The molecule has 0 aromatic heterocycles. The monoisotopic (exact) mass is 602 g/mol. The Balaban J connectivity index is 0.000000451. The zero-order valence-corrected chi connectivity index (χ0v) is 25.2. The Hall–Kier alpha value is -3.64. The fourth-order valence-electron chi connectivity index (χ4n) is 6.62. The molecule has 2 nitrogen and oxygen atoms in total. The molecule has 0 N–H and O–H groups in total. The van der Waals surface area contributed by atoms with Crippen molar-refractivity contribution in [2.75, 3.05) is 19.0 Å². The van der Waals surface area contributed by atoms with E-state index in [9.17, 15) is 25.2 Å². The number of anilines is 1. The van der Waals surface area contributed by atoms with E-state index in [2.05, 4.69) is 142 Å². The van der Waals surface area contributed by atoms with Crippen LogP contribution in [0, 0.1) is 0 Å². The molecule has 2 heterocycles. The van der Waals surface area contributed by atoms with E-state index in [1.165, 1.54) is 55.5 Å². The van der Waals surface area contributed by atoms with E-state index in [0.29, 0.717) is 0 Å². The molecule has 9 heteroatoms. The van der Waals surface area contributed by atoms with Gasteiger partial charge >= 0.3 is 33.0 Å². The van der Waals surface area contributed by atoms with Crippen molar-refractivity contribution in [3.8, 4) is 0 Å². The molecule has 4 aromatic carbocycles. The van der Waals surface area contributed by atoms with Crippen molar-refractivity contribution >= 4 is 46.4 Å². The van der Waals surface area contributed by atoms with Crippen LogP contribution in [0.5, 0.6) is 0 Å². The van der Waals surface area contributed by atoms with Crippen molar-refractivity contribution in [3.63, 3.8) is 0 Å². The summed E-state index contributed by atoms with van der Waals surface area (Å²) in [6, 6.07) is 26.5. The second kappa shape index (κ2) is 8.93. The summed E-state index contributed by atoms with van der Waals surface area (Å²) in [6.07, 6.45) is 6.88. The third kappa shape index (κ3) is 5.57. The molecule has 0 fully saturated rings. The molecular weight excluding hydrogens is 569 g/mol. The number of hydrogen-bond acceptors (Lipinski definition) is 1. The van der Waals surface area contributed by atoms with Crippen LogP contribution >= 0.6 is 7.81 Å². The van der Waals surface area contributed by atoms with Gasteiger partial charge < -0.3 is 4.90 Å². The second-order valence-corrected chi connectivity index (χ2v) is 13.9. The van der Waals surface area contributed by atoms with E-state index < -0.39 is 7.81 Å². The molecule has 0 saturated carbocycles. The van der Waals surface area contributed by atoms with Gasteiger partial charge in [0.15, 0.2) is 5.71 Å². The summed E-state index contributed by atoms with van der Waals surface area (Å²) in [5.41, 5.74) is 7.94. The summed E-state index contributed by atoms with van der Waals surface area (Å²) in [7, 11) is -6.26. The Morgan fingerprint density at radius 3 is 1.76 bits per heavy atom. The van der Waals surface area contributed by atoms with Crippen LogP contribution in [0.3, 0.4) is 0 Å². The van der Waals surface area contributed by atoms with Gasteiger partial charge in [0.2, 0.25) is 5.69 Å². The molecule has 222 valence electrons. The molecule has 6 rings (SSSR count). The fourth-order valence-corrected chi connectivity index (χ4v) is 6.62. The van der Waals surface area contributed by atoms with E-state index >= 15 is 0 Å². The molecule has 0 radical (unpaired) electrons. The molecule has 42 heavy (non-hydrogen) atoms. The van der Waals surface area contributed by atoms with Crippen molar-refractivity contribution in [1.82, 2.24) is 0 Å². The van der Waals surface area contributed by atoms with Gasteiger partial charge in [-0.2, -0.15) is 4.58 Å². The Kier molecular flexibility index (Phi) is 6.35. The molecule has 0 unspecified atom stereocenters. The van der Waals surface area contributed by atoms with Gasteiger partial charge in [0.1, 0.15) is 7.05 Å². The number of nitrogens with zero attached hydrogens (tertiary/aromatic N) is 2. The number of fused-ring (bicyclic) bond motifs is 6. The van der Waals surface area contributed by atoms with Gasteiger partial charge in [-0.05, 0) is 59.2 Å². The molecule has 0 atom stereocenters. The second-order valence-electron chi connectivity index (χ2n) is 12.0. The van der Waals surface area contributed by atoms with Crippen molar-refractivity contribution in [1.29, 1.82) is 0 Å². The Bertz CT molecular complexity index is 1840. The quantitative estimate of drug-likeness (QED) is 0.126. The average molecular weight is 603 g/mol. The Morgan fingerprint density at radius 2 is 1.19 bits per heavy atom. The summed E-state index contributed by atoms with van der Waals surface area (Å²) < 4.78 is 61.6. The number of halogens is 6. The summed E-state index contributed by atoms with van der Waals surface area (Å²) in [4.78, 5) is 2.36. The molecule has 2 aliphatic rings. The molecule has 0 saturated heterocycles. The van der Waals surface area contributed by atoms with E-state index in [1.54, 1.807) is 0 Å². The van der Waals surface area contributed by atoms with Crippen molar-refractivity contribution < 1.29 is 29.8 Å². The Labute approximate surface area is 241 Å². The van der Waals surface area contributed by atoms with Crippen molar-refractivity contribution in [2.45, 2.75) is 38.5 Å². The molecule has 0 aliphatic carbocycles. The molecule has 0 spiro atoms. The predicted octanol–water partition coefficient (Wildman–Crippen LogP) is 11.2. The number of allylic oxidation sites excluding steroid dienone is 4. The summed E-state index contributed by atoms with van der Waals surface area (Å²) in [6.45, 7) is 9.40. The van der Waals surface area contributed by atoms with Crippen LogP contribution in [0.2, 0.25) is 0 Å². The number of likely N-dealkylation sites (N-methyl/N-ethyl adjacent to an activating group) is 1. The van der Waals surface area contributed by atoms with Crippen LogP contribution < -0.4 is 4.90 Å². The van der Waals surface area contributed by atoms with Gasteiger partial charge in [-0.3, -0.25) is 0 Å². The van der Waals surface area contributed by atoms with Crippen LogP contribution in [0.1, 0.15) is 38.8 Å². The van der Waals surface area contributed by atoms with Crippen LogP contribution in [-0.2, 0) is 10.8 Å². The average Bonchev–Trinajstić information content (AvgIpc) is 3.20. The first kappa shape index (κ1) is 29.8. The minimum atomic E-state index is -10.7. The zero-order valence-electron chi connectivity index (χ0n) is 24.3. The maximum atomic E-state index is 9.87. The Morgan fingerprint density at radius 1 is 0.690 bits per heavy atom. The van der Waals surface area contributed by atoms with E-state index in [0.717, 1.165) is 0 Å². The minimum absolute atomic E-state index is 0.0732. The van der Waals surface area contributed by atoms with Gasteiger partial charge in [-0.1, -0.05) is 74.5 Å². The predicted molar refractivity (Wildman–Crippen MR) is 164 cm³/mol. The number of hydrogen-bond donors (Lipinski definition) is 0. The molecule has 2 aliphatic heterocycles. The molecule has 0 amide bonds. The van der Waals surface area contributed by atoms with E-state index in [1.807, 2.05) is 0 Å². The molecular formula is C33H33F6N2P. The van der Waals surface area contributed by atoms with Gasteiger partial charge in [-0.25, -0.2) is 0 Å². The van der Waals surface area contributed by atoms with Gasteiger partial charge in [0.05, 0.1) is 5.41 Å². The van der Waals surface area contributed by atoms with E-state index in [-0.39, 0.29) is 10.8 Å².